The molecule has 0 amide bonds. The van der Waals surface area contributed by atoms with Crippen LogP contribution in [-0.4, -0.2) is 26.3 Å². The van der Waals surface area contributed by atoms with E-state index in [0.29, 0.717) is 11.5 Å². The third-order valence-corrected chi connectivity index (χ3v) is 7.43. The van der Waals surface area contributed by atoms with Crippen molar-refractivity contribution in [1.29, 1.82) is 0 Å². The van der Waals surface area contributed by atoms with Crippen molar-refractivity contribution in [2.24, 2.45) is 5.92 Å². The van der Waals surface area contributed by atoms with E-state index < -0.39 is 0 Å². The number of rotatable bonds is 7. The summed E-state index contributed by atoms with van der Waals surface area (Å²) in [4.78, 5) is 12.5. The van der Waals surface area contributed by atoms with Gasteiger partial charge in [0, 0.05) is 16.5 Å². The minimum absolute atomic E-state index is 0.0311. The van der Waals surface area contributed by atoms with Gasteiger partial charge in [-0.15, -0.1) is 0 Å². The molecule has 1 spiro atoms. The lowest BCUT2D eigenvalue weighted by Gasteiger charge is -2.45. The quantitative estimate of drug-likeness (QED) is 0.462. The highest BCUT2D eigenvalue weighted by molar-refractivity contribution is 5.89. The molecule has 2 aromatic rings. The van der Waals surface area contributed by atoms with Crippen LogP contribution in [0.15, 0.2) is 48.0 Å². The maximum atomic E-state index is 12.5. The van der Waals surface area contributed by atoms with Gasteiger partial charge in [0.15, 0.2) is 0 Å². The van der Waals surface area contributed by atoms with Crippen molar-refractivity contribution in [1.82, 2.24) is 0 Å². The van der Waals surface area contributed by atoms with E-state index in [0.717, 1.165) is 30.8 Å². The summed E-state index contributed by atoms with van der Waals surface area (Å²) in [7, 11) is 3.49. The molecule has 0 bridgehead atoms. The standard InChI is InChI=1S/C28H34O4/c1-19-18-23-24(30-3)15-16-25(31-4)26(23)28(19)17-9-8-12-22(28)14-13-20(2)32-27(29)21-10-6-5-7-11-21/h5-7,10-11,15-16,18,20,22H,8-9,12-14,17H2,1-4H3/t20?,22?,28-/m1/s1. The molecule has 4 nitrogen and oxygen atoms in total. The summed E-state index contributed by atoms with van der Waals surface area (Å²) >= 11 is 0. The zero-order valence-corrected chi connectivity index (χ0v) is 19.6. The number of fused-ring (bicyclic) bond motifs is 2. The Labute approximate surface area is 191 Å². The van der Waals surface area contributed by atoms with Gasteiger partial charge in [0.25, 0.3) is 0 Å². The molecule has 1 saturated carbocycles. The number of ether oxygens (including phenoxy) is 3. The molecule has 0 N–H and O–H groups in total. The van der Waals surface area contributed by atoms with Crippen LogP contribution in [0.4, 0.5) is 0 Å². The lowest BCUT2D eigenvalue weighted by molar-refractivity contribution is 0.0296. The highest BCUT2D eigenvalue weighted by atomic mass is 16.5. The van der Waals surface area contributed by atoms with E-state index in [2.05, 4.69) is 13.0 Å². The van der Waals surface area contributed by atoms with E-state index in [1.165, 1.54) is 36.0 Å². The molecule has 0 radical (unpaired) electrons. The number of allylic oxidation sites excluding steroid dienone is 1. The van der Waals surface area contributed by atoms with Gasteiger partial charge in [0.2, 0.25) is 0 Å². The van der Waals surface area contributed by atoms with E-state index in [9.17, 15) is 4.79 Å². The molecule has 0 aromatic heterocycles. The van der Waals surface area contributed by atoms with Gasteiger partial charge in [-0.05, 0) is 69.7 Å². The summed E-state index contributed by atoms with van der Waals surface area (Å²) in [6.45, 7) is 4.27. The molecular formula is C28H34O4. The second-order valence-electron chi connectivity index (χ2n) is 9.16. The largest absolute Gasteiger partial charge is 0.496 e. The molecular weight excluding hydrogens is 400 g/mol. The van der Waals surface area contributed by atoms with Crippen molar-refractivity contribution >= 4 is 12.0 Å². The lowest BCUT2D eigenvalue weighted by atomic mass is 9.59. The van der Waals surface area contributed by atoms with E-state index in [1.54, 1.807) is 26.4 Å². The number of hydrogen-bond donors (Lipinski definition) is 0. The molecule has 4 rings (SSSR count). The molecule has 1 fully saturated rings. The van der Waals surface area contributed by atoms with Gasteiger partial charge in [-0.25, -0.2) is 4.79 Å². The first-order valence-electron chi connectivity index (χ1n) is 11.7. The van der Waals surface area contributed by atoms with Crippen molar-refractivity contribution in [2.75, 3.05) is 14.2 Å². The van der Waals surface area contributed by atoms with Crippen molar-refractivity contribution in [2.45, 2.75) is 63.9 Å². The minimum atomic E-state index is -0.245. The highest BCUT2D eigenvalue weighted by Crippen LogP contribution is 2.59. The maximum absolute atomic E-state index is 12.5. The third kappa shape index (κ3) is 3.92. The van der Waals surface area contributed by atoms with Crippen molar-refractivity contribution < 1.29 is 19.0 Å². The zero-order valence-electron chi connectivity index (χ0n) is 19.6. The second-order valence-corrected chi connectivity index (χ2v) is 9.16. The Kier molecular flexibility index (Phi) is 6.59. The fraction of sp³-hybridized carbons (Fsp3) is 0.464. The number of methoxy groups -OCH3 is 2. The number of hydrogen-bond acceptors (Lipinski definition) is 4. The first-order chi connectivity index (χ1) is 15.5. The Morgan fingerprint density at radius 3 is 2.50 bits per heavy atom. The molecule has 0 aliphatic heterocycles. The van der Waals surface area contributed by atoms with Crippen molar-refractivity contribution in [3.63, 3.8) is 0 Å². The molecule has 0 heterocycles. The van der Waals surface area contributed by atoms with Crippen LogP contribution in [0.2, 0.25) is 0 Å². The van der Waals surface area contributed by atoms with Crippen LogP contribution in [-0.2, 0) is 10.2 Å². The van der Waals surface area contributed by atoms with Crippen LogP contribution in [0.3, 0.4) is 0 Å². The average molecular weight is 435 g/mol. The third-order valence-electron chi connectivity index (χ3n) is 7.43. The average Bonchev–Trinajstić information content (AvgIpc) is 3.11. The van der Waals surface area contributed by atoms with Gasteiger partial charge >= 0.3 is 5.97 Å². The smallest absolute Gasteiger partial charge is 0.338 e. The molecule has 3 atom stereocenters. The van der Waals surface area contributed by atoms with Crippen LogP contribution in [0.1, 0.15) is 73.9 Å². The number of benzene rings is 2. The molecule has 32 heavy (non-hydrogen) atoms. The van der Waals surface area contributed by atoms with Gasteiger partial charge in [0.05, 0.1) is 25.9 Å². The van der Waals surface area contributed by atoms with E-state index in [4.69, 9.17) is 14.2 Å². The zero-order chi connectivity index (χ0) is 22.7. The van der Waals surface area contributed by atoms with E-state index >= 15 is 0 Å². The summed E-state index contributed by atoms with van der Waals surface area (Å²) in [5.41, 5.74) is 4.43. The normalized spacial score (nSPS) is 22.8. The molecule has 2 aliphatic rings. The molecule has 2 aromatic carbocycles. The first kappa shape index (κ1) is 22.4. The Hall–Kier alpha value is -2.75. The van der Waals surface area contributed by atoms with Crippen LogP contribution >= 0.6 is 0 Å². The summed E-state index contributed by atoms with van der Waals surface area (Å²) in [5.74, 6) is 2.09. The van der Waals surface area contributed by atoms with Gasteiger partial charge < -0.3 is 14.2 Å². The number of carbonyl (C=O) groups is 1. The predicted molar refractivity (Wildman–Crippen MR) is 127 cm³/mol. The van der Waals surface area contributed by atoms with Gasteiger partial charge in [-0.2, -0.15) is 0 Å². The van der Waals surface area contributed by atoms with Gasteiger partial charge in [-0.3, -0.25) is 0 Å². The summed E-state index contributed by atoms with van der Waals surface area (Å²) in [5, 5.41) is 0. The van der Waals surface area contributed by atoms with Crippen LogP contribution < -0.4 is 9.47 Å². The fourth-order valence-electron chi connectivity index (χ4n) is 5.88. The molecule has 2 aliphatic carbocycles. The Bertz CT molecular complexity index is 994. The van der Waals surface area contributed by atoms with Gasteiger partial charge in [0.1, 0.15) is 11.5 Å². The molecule has 2 unspecified atom stereocenters. The van der Waals surface area contributed by atoms with Crippen molar-refractivity contribution in [3.05, 3.63) is 64.7 Å². The fourth-order valence-corrected chi connectivity index (χ4v) is 5.88. The molecule has 4 heteroatoms. The van der Waals surface area contributed by atoms with Crippen LogP contribution in [0.25, 0.3) is 6.08 Å². The van der Waals surface area contributed by atoms with Crippen molar-refractivity contribution in [3.8, 4) is 11.5 Å². The topological polar surface area (TPSA) is 44.8 Å². The summed E-state index contributed by atoms with van der Waals surface area (Å²) in [6.07, 6.45) is 8.76. The van der Waals surface area contributed by atoms with E-state index in [-0.39, 0.29) is 17.5 Å². The van der Waals surface area contributed by atoms with E-state index in [1.807, 2.05) is 37.3 Å². The Balaban J connectivity index is 1.56. The van der Waals surface area contributed by atoms with Crippen LogP contribution in [0, 0.1) is 5.92 Å². The summed E-state index contributed by atoms with van der Waals surface area (Å²) in [6, 6.07) is 13.3. The molecule has 0 saturated heterocycles. The van der Waals surface area contributed by atoms with Crippen LogP contribution in [0.5, 0.6) is 11.5 Å². The number of carbonyl (C=O) groups excluding carboxylic acids is 1. The Morgan fingerprint density at radius 2 is 1.78 bits per heavy atom. The SMILES string of the molecule is COc1ccc(OC)c2c1C=C(C)[C@@]21CCCCC1CCC(C)OC(=O)c1ccccc1. The maximum Gasteiger partial charge on any atom is 0.338 e. The lowest BCUT2D eigenvalue weighted by Crippen LogP contribution is -2.38. The molecule has 170 valence electrons. The monoisotopic (exact) mass is 434 g/mol. The van der Waals surface area contributed by atoms with Gasteiger partial charge in [-0.1, -0.05) is 42.7 Å². The predicted octanol–water partition coefficient (Wildman–Crippen LogP) is 6.57. The Morgan fingerprint density at radius 1 is 1.06 bits per heavy atom. The highest BCUT2D eigenvalue weighted by Gasteiger charge is 2.49. The first-order valence-corrected chi connectivity index (χ1v) is 11.7. The minimum Gasteiger partial charge on any atom is -0.496 e. The summed E-state index contributed by atoms with van der Waals surface area (Å²) < 4.78 is 17.3. The number of esters is 1. The second kappa shape index (κ2) is 9.40.